The number of carbonyl (C=O) groups excluding carboxylic acids is 1. The van der Waals surface area contributed by atoms with Crippen LogP contribution in [0.3, 0.4) is 0 Å². The van der Waals surface area contributed by atoms with Crippen molar-refractivity contribution in [1.29, 1.82) is 0 Å². The summed E-state index contributed by atoms with van der Waals surface area (Å²) in [6.07, 6.45) is 0.773. The van der Waals surface area contributed by atoms with Crippen molar-refractivity contribution < 1.29 is 22.7 Å². The van der Waals surface area contributed by atoms with Crippen molar-refractivity contribution in [3.8, 4) is 11.5 Å². The zero-order valence-electron chi connectivity index (χ0n) is 15.1. The largest absolute Gasteiger partial charge is 0.485 e. The molecule has 0 aromatic heterocycles. The van der Waals surface area contributed by atoms with Gasteiger partial charge >= 0.3 is 0 Å². The van der Waals surface area contributed by atoms with E-state index in [1.54, 1.807) is 12.1 Å². The summed E-state index contributed by atoms with van der Waals surface area (Å²) in [6.45, 7) is 1.63. The van der Waals surface area contributed by atoms with Gasteiger partial charge in [0.1, 0.15) is 6.61 Å². The molecule has 3 rings (SSSR count). The van der Waals surface area contributed by atoms with Crippen molar-refractivity contribution in [2.75, 3.05) is 40.3 Å². The zero-order chi connectivity index (χ0) is 18.7. The number of ether oxygens (including phenoxy) is 2. The fraction of sp³-hybridized carbons (Fsp3) is 0.588. The first-order chi connectivity index (χ1) is 12.4. The highest BCUT2D eigenvalue weighted by atomic mass is 32.2. The minimum absolute atomic E-state index is 0.183. The van der Waals surface area contributed by atoms with Crippen molar-refractivity contribution in [3.63, 3.8) is 0 Å². The van der Waals surface area contributed by atoms with Crippen LogP contribution in [0.2, 0.25) is 0 Å². The van der Waals surface area contributed by atoms with Gasteiger partial charge in [-0.2, -0.15) is 17.0 Å². The molecule has 1 atom stereocenters. The van der Waals surface area contributed by atoms with Crippen LogP contribution in [0.15, 0.2) is 24.3 Å². The van der Waals surface area contributed by atoms with Crippen molar-refractivity contribution in [3.05, 3.63) is 24.3 Å². The van der Waals surface area contributed by atoms with Crippen molar-refractivity contribution in [2.24, 2.45) is 5.92 Å². The maximum absolute atomic E-state index is 12.3. The van der Waals surface area contributed by atoms with Gasteiger partial charge in [-0.15, -0.1) is 0 Å². The summed E-state index contributed by atoms with van der Waals surface area (Å²) in [4.78, 5) is 12.3. The van der Waals surface area contributed by atoms with Gasteiger partial charge in [0.15, 0.2) is 11.5 Å². The quantitative estimate of drug-likeness (QED) is 0.798. The monoisotopic (exact) mass is 383 g/mol. The molecule has 2 heterocycles. The van der Waals surface area contributed by atoms with Crippen LogP contribution >= 0.6 is 0 Å². The van der Waals surface area contributed by atoms with Gasteiger partial charge in [0.05, 0.1) is 0 Å². The number of hydrogen-bond donors (Lipinski definition) is 1. The maximum Gasteiger partial charge on any atom is 0.281 e. The lowest BCUT2D eigenvalue weighted by molar-refractivity contribution is -0.130. The maximum atomic E-state index is 12.3. The van der Waals surface area contributed by atoms with Crippen LogP contribution in [0.1, 0.15) is 12.8 Å². The second-order valence-corrected chi connectivity index (χ2v) is 8.88. The van der Waals surface area contributed by atoms with Gasteiger partial charge in [-0.1, -0.05) is 12.1 Å². The molecule has 1 saturated heterocycles. The molecule has 0 bridgehead atoms. The van der Waals surface area contributed by atoms with Gasteiger partial charge in [0, 0.05) is 33.7 Å². The Hall–Kier alpha value is -1.84. The number of nitrogens with zero attached hydrogens (tertiary/aromatic N) is 2. The predicted molar refractivity (Wildman–Crippen MR) is 96.3 cm³/mol. The summed E-state index contributed by atoms with van der Waals surface area (Å²) in [5, 5.41) is 2.91. The third-order valence-electron chi connectivity index (χ3n) is 4.73. The molecular formula is C17H25N3O5S. The second kappa shape index (κ2) is 7.81. The molecule has 9 heteroatoms. The topological polar surface area (TPSA) is 88.2 Å². The van der Waals surface area contributed by atoms with Crippen molar-refractivity contribution in [2.45, 2.75) is 18.9 Å². The van der Waals surface area contributed by atoms with Gasteiger partial charge in [0.25, 0.3) is 16.1 Å². The van der Waals surface area contributed by atoms with E-state index in [0.717, 1.165) is 12.8 Å². The number of carbonyl (C=O) groups is 1. The van der Waals surface area contributed by atoms with Crippen LogP contribution in [-0.4, -0.2) is 69.4 Å². The molecule has 1 aromatic carbocycles. The Kier molecular flexibility index (Phi) is 5.69. The standard InChI is InChI=1S/C17H25N3O5S/c1-19(2)26(22,23)20-9-7-13(8-10-20)11-18-17(21)16-12-24-14-5-3-4-6-15(14)25-16/h3-6,13,16H,7-12H2,1-2H3,(H,18,21)/t16-/m0/s1. The molecule has 0 unspecified atom stereocenters. The van der Waals surface area contributed by atoms with Gasteiger partial charge in [0.2, 0.25) is 6.10 Å². The lowest BCUT2D eigenvalue weighted by Crippen LogP contribution is -2.48. The minimum atomic E-state index is -3.36. The minimum Gasteiger partial charge on any atom is -0.485 e. The summed E-state index contributed by atoms with van der Waals surface area (Å²) in [5.74, 6) is 1.26. The van der Waals surface area contributed by atoms with E-state index in [-0.39, 0.29) is 18.4 Å². The van der Waals surface area contributed by atoms with E-state index in [1.165, 1.54) is 22.7 Å². The number of nitrogens with one attached hydrogen (secondary N) is 1. The summed E-state index contributed by atoms with van der Waals surface area (Å²) in [6, 6.07) is 7.26. The van der Waals surface area contributed by atoms with Crippen LogP contribution in [0.25, 0.3) is 0 Å². The van der Waals surface area contributed by atoms with Crippen LogP contribution in [0.4, 0.5) is 0 Å². The number of hydrogen-bond acceptors (Lipinski definition) is 5. The molecule has 8 nitrogen and oxygen atoms in total. The van der Waals surface area contributed by atoms with E-state index < -0.39 is 16.3 Å². The smallest absolute Gasteiger partial charge is 0.281 e. The second-order valence-electron chi connectivity index (χ2n) is 6.74. The fourth-order valence-electron chi connectivity index (χ4n) is 3.08. The van der Waals surface area contributed by atoms with E-state index >= 15 is 0 Å². The Balaban J connectivity index is 1.45. The van der Waals surface area contributed by atoms with Gasteiger partial charge in [-0.25, -0.2) is 0 Å². The number of piperidine rings is 1. The number of amides is 1. The summed E-state index contributed by atoms with van der Waals surface area (Å²) < 4.78 is 38.2. The molecule has 0 aliphatic carbocycles. The molecule has 1 fully saturated rings. The highest BCUT2D eigenvalue weighted by Crippen LogP contribution is 2.30. The third-order valence-corrected chi connectivity index (χ3v) is 6.67. The highest BCUT2D eigenvalue weighted by Gasteiger charge is 2.31. The lowest BCUT2D eigenvalue weighted by atomic mass is 9.98. The SMILES string of the molecule is CN(C)S(=O)(=O)N1CCC(CNC(=O)[C@@H]2COc3ccccc3O2)CC1. The Morgan fingerprint density at radius 2 is 1.88 bits per heavy atom. The first-order valence-electron chi connectivity index (χ1n) is 8.71. The number of fused-ring (bicyclic) bond motifs is 1. The summed E-state index contributed by atoms with van der Waals surface area (Å²) in [5.41, 5.74) is 0. The molecule has 0 radical (unpaired) electrons. The average Bonchev–Trinajstić information content (AvgIpc) is 2.66. The molecule has 26 heavy (non-hydrogen) atoms. The normalized spacial score (nSPS) is 21.6. The van der Waals surface area contributed by atoms with Crippen LogP contribution in [0.5, 0.6) is 11.5 Å². The predicted octanol–water partition coefficient (Wildman–Crippen LogP) is 0.461. The molecule has 2 aliphatic heterocycles. The van der Waals surface area contributed by atoms with E-state index in [0.29, 0.717) is 31.1 Å². The number of rotatable bonds is 5. The Labute approximate surface area is 154 Å². The van der Waals surface area contributed by atoms with E-state index in [4.69, 9.17) is 9.47 Å². The number of para-hydroxylation sites is 2. The molecule has 0 spiro atoms. The average molecular weight is 383 g/mol. The fourth-order valence-corrected chi connectivity index (χ4v) is 4.22. The Morgan fingerprint density at radius 1 is 1.23 bits per heavy atom. The molecule has 1 N–H and O–H groups in total. The molecule has 144 valence electrons. The lowest BCUT2D eigenvalue weighted by Gasteiger charge is -2.33. The van der Waals surface area contributed by atoms with Gasteiger partial charge in [-0.05, 0) is 30.9 Å². The first-order valence-corrected chi connectivity index (χ1v) is 10.1. The molecular weight excluding hydrogens is 358 g/mol. The molecule has 2 aliphatic rings. The van der Waals surface area contributed by atoms with Crippen LogP contribution in [0, 0.1) is 5.92 Å². The first kappa shape index (κ1) is 18.9. The van der Waals surface area contributed by atoms with Crippen molar-refractivity contribution >= 4 is 16.1 Å². The molecule has 1 amide bonds. The Bertz CT molecular complexity index is 745. The number of benzene rings is 1. The Morgan fingerprint density at radius 3 is 2.54 bits per heavy atom. The van der Waals surface area contributed by atoms with E-state index in [2.05, 4.69) is 5.32 Å². The van der Waals surface area contributed by atoms with Crippen LogP contribution in [-0.2, 0) is 15.0 Å². The zero-order valence-corrected chi connectivity index (χ0v) is 15.9. The van der Waals surface area contributed by atoms with Crippen LogP contribution < -0.4 is 14.8 Å². The van der Waals surface area contributed by atoms with Crippen molar-refractivity contribution in [1.82, 2.24) is 13.9 Å². The van der Waals surface area contributed by atoms with Gasteiger partial charge < -0.3 is 14.8 Å². The highest BCUT2D eigenvalue weighted by molar-refractivity contribution is 7.86. The van der Waals surface area contributed by atoms with E-state index in [1.807, 2.05) is 12.1 Å². The summed E-state index contributed by atoms with van der Waals surface area (Å²) >= 11 is 0. The third kappa shape index (κ3) is 4.11. The molecule has 0 saturated carbocycles. The summed E-state index contributed by atoms with van der Waals surface area (Å²) in [7, 11) is -0.290. The van der Waals surface area contributed by atoms with E-state index in [9.17, 15) is 13.2 Å². The van der Waals surface area contributed by atoms with Gasteiger partial charge in [-0.3, -0.25) is 4.79 Å². The molecule has 1 aromatic rings.